The van der Waals surface area contributed by atoms with Gasteiger partial charge in [0.15, 0.2) is 34.2 Å². The first-order chi connectivity index (χ1) is 55.3. The summed E-state index contributed by atoms with van der Waals surface area (Å²) in [5.74, 6) is 0. The molecule has 0 aliphatic carbocycles. The Bertz CT molecular complexity index is 5700. The van der Waals surface area contributed by atoms with E-state index in [9.17, 15) is 0 Å². The molecule has 0 spiro atoms. The van der Waals surface area contributed by atoms with Crippen molar-refractivity contribution >= 4 is 0 Å². The Kier molecular flexibility index (Phi) is 19.3. The molecule has 0 N–H and O–H groups in total. The normalized spacial score (nSPS) is 14.0. The lowest BCUT2D eigenvalue weighted by Crippen LogP contribution is -2.36. The molecule has 6 aromatic carbocycles. The van der Waals surface area contributed by atoms with Gasteiger partial charge in [-0.2, -0.15) is 27.4 Å². The second-order valence-electron chi connectivity index (χ2n) is 27.4. The quantitative estimate of drug-likeness (QED) is 0.148. The van der Waals surface area contributed by atoms with Gasteiger partial charge in [0, 0.05) is 169 Å². The predicted molar refractivity (Wildman–Crippen MR) is 432 cm³/mol. The summed E-state index contributed by atoms with van der Waals surface area (Å²) in [4.78, 5) is 0. The smallest absolute Gasteiger partial charge is 0.198 e. The standard InChI is InChI=1S/6C16H20N/c2*1-11-6-8-15(13(3)10-11)16-9-7-12(2)14(4)17(16)5;1-11-6-7-13(3)15(10-11)16-9-8-12(2)14(4)17(16)5;2*1-11-7-6-8-15(13(11)3)16-10-9-12(2)14(4)17(16)5;1-11-8-6-7-9-15(11)16-14(4)12(2)10-13(3)17(16)5/h6*6-10H,1-5H3/q6*+1/i1D3,2D3,4D3;;;2D3,4D3;;3D3. The third-order valence-corrected chi connectivity index (χ3v) is 20.5. The van der Waals surface area contributed by atoms with Crippen molar-refractivity contribution in [2.75, 3.05) is 0 Å². The average molecular weight is 1380 g/mol. The van der Waals surface area contributed by atoms with Crippen molar-refractivity contribution in [3.05, 3.63) is 316 Å². The van der Waals surface area contributed by atoms with E-state index in [4.69, 9.17) is 24.7 Å². The average Bonchev–Trinajstić information content (AvgIpc) is 0.750. The first kappa shape index (κ1) is 56.8. The molecule has 102 heavy (non-hydrogen) atoms. The molecule has 0 aliphatic heterocycles. The summed E-state index contributed by atoms with van der Waals surface area (Å²) in [6.07, 6.45) is 0. The number of nitrogens with zero attached hydrogens (tertiary/aromatic N) is 6. The molecule has 0 radical (unpaired) electrons. The van der Waals surface area contributed by atoms with Crippen LogP contribution in [0.3, 0.4) is 0 Å². The molecule has 0 amide bonds. The number of benzene rings is 6. The molecular formula is C96H120N6+6. The lowest BCUT2D eigenvalue weighted by Gasteiger charge is -2.10. The summed E-state index contributed by atoms with van der Waals surface area (Å²) in [7, 11) is 11.4. The summed E-state index contributed by atoms with van der Waals surface area (Å²) < 4.78 is 149. The highest BCUT2D eigenvalue weighted by Gasteiger charge is 2.23. The molecule has 0 unspecified atom stereocenters. The first-order valence-corrected chi connectivity index (χ1v) is 34.8. The van der Waals surface area contributed by atoms with Gasteiger partial charge in [-0.05, 0) is 241 Å². The van der Waals surface area contributed by atoms with E-state index in [0.717, 1.165) is 44.6 Å². The van der Waals surface area contributed by atoms with E-state index in [1.54, 1.807) is 42.8 Å². The monoisotopic (exact) mass is 1380 g/mol. The Balaban J connectivity index is 0.000000200. The van der Waals surface area contributed by atoms with Crippen LogP contribution in [0.15, 0.2) is 182 Å². The highest BCUT2D eigenvalue weighted by atomic mass is 15.0. The molecule has 0 saturated heterocycles. The minimum absolute atomic E-state index is 0.131. The summed E-state index contributed by atoms with van der Waals surface area (Å²) in [5, 5.41) is 0. The summed E-state index contributed by atoms with van der Waals surface area (Å²) >= 11 is 0. The largest absolute Gasteiger partial charge is 0.215 e. The summed E-state index contributed by atoms with van der Waals surface area (Å²) in [6.45, 7) is 23.2. The van der Waals surface area contributed by atoms with Gasteiger partial charge in [-0.3, -0.25) is 0 Å². The molecule has 528 valence electrons. The summed E-state index contributed by atoms with van der Waals surface area (Å²) in [5.41, 5.74) is 34.5. The summed E-state index contributed by atoms with van der Waals surface area (Å²) in [6, 6.07) is 59.2. The van der Waals surface area contributed by atoms with Crippen LogP contribution < -0.4 is 27.4 Å². The molecule has 6 heteroatoms. The van der Waals surface area contributed by atoms with Crippen LogP contribution in [-0.4, -0.2) is 0 Å². The van der Waals surface area contributed by atoms with Crippen molar-refractivity contribution in [1.29, 1.82) is 0 Å². The van der Waals surface area contributed by atoms with Crippen LogP contribution in [0.25, 0.3) is 67.5 Å². The van der Waals surface area contributed by atoms with Crippen molar-refractivity contribution in [3.63, 3.8) is 0 Å². The van der Waals surface area contributed by atoms with Crippen LogP contribution in [0.1, 0.15) is 159 Å². The molecule has 0 bridgehead atoms. The van der Waals surface area contributed by atoms with Gasteiger partial charge in [-0.1, -0.05) is 95.6 Å². The van der Waals surface area contributed by atoms with Gasteiger partial charge in [0.05, 0.1) is 0 Å². The molecule has 0 atom stereocenters. The number of rotatable bonds is 6. The molecule has 0 saturated carbocycles. The molecule has 12 rings (SSSR count). The zero-order valence-electron chi connectivity index (χ0n) is 83.0. The van der Waals surface area contributed by atoms with Crippen molar-refractivity contribution in [1.82, 2.24) is 0 Å². The lowest BCUT2D eigenvalue weighted by molar-refractivity contribution is -0.667. The first-order valence-electron chi connectivity index (χ1n) is 43.8. The van der Waals surface area contributed by atoms with Crippen LogP contribution >= 0.6 is 0 Å². The van der Waals surface area contributed by atoms with Gasteiger partial charge in [-0.15, -0.1) is 0 Å². The van der Waals surface area contributed by atoms with Gasteiger partial charge in [0.1, 0.15) is 42.3 Å². The van der Waals surface area contributed by atoms with E-state index < -0.39 is 41.1 Å². The van der Waals surface area contributed by atoms with Gasteiger partial charge in [0.25, 0.3) is 0 Å². The lowest BCUT2D eigenvalue weighted by atomic mass is 9.98. The maximum atomic E-state index is 7.75. The fourth-order valence-corrected chi connectivity index (χ4v) is 12.6. The van der Waals surface area contributed by atoms with Gasteiger partial charge >= 0.3 is 0 Å². The molecule has 0 fully saturated rings. The second kappa shape index (κ2) is 34.7. The number of hydrogen-bond donors (Lipinski definition) is 0. The van der Waals surface area contributed by atoms with Crippen molar-refractivity contribution in [2.45, 2.75) is 166 Å². The molecule has 0 aliphatic rings. The van der Waals surface area contributed by atoms with Gasteiger partial charge < -0.3 is 0 Å². The third-order valence-electron chi connectivity index (χ3n) is 20.5. The van der Waals surface area contributed by atoms with Crippen LogP contribution in [0.5, 0.6) is 0 Å². The van der Waals surface area contributed by atoms with Gasteiger partial charge in [0.2, 0.25) is 34.2 Å². The minimum atomic E-state index is -2.61. The molecule has 6 nitrogen and oxygen atoms in total. The Morgan fingerprint density at radius 3 is 0.980 bits per heavy atom. The highest BCUT2D eigenvalue weighted by Crippen LogP contribution is 2.30. The number of pyridine rings is 6. The van der Waals surface area contributed by atoms with Gasteiger partial charge in [-0.25, -0.2) is 0 Å². The maximum Gasteiger partial charge on any atom is 0.215 e. The SMILES string of the molecule is Cc1ccc(-c2ccc(C)c(C)[n+]2C)c(C)c1.Cc1ccc(C)c(-c2ccc(C)c(C)[n+]2C)c1.Cc1cccc(-c2ccc(C)c(C)[n+]2C)c1C.[2H]C([2H])([2H])c1cc(C)c(C)c(-c2ccccc2C)[n+]1C.[2H]C([2H])([2H])c1ccc(-c2ccc(C([2H])([2H])[2H])c(C([2H])([2H])[2H])[n+]2C)c(C)c1.[2H]C([2H])([2H])c1ccc(-c2cccc(C)c2C)[n+](C)c1C([2H])([2H])[2H]. The number of hydrogen-bond acceptors (Lipinski definition) is 0. The van der Waals surface area contributed by atoms with Crippen LogP contribution in [0.2, 0.25) is 0 Å². The van der Waals surface area contributed by atoms with Crippen molar-refractivity contribution in [3.8, 4) is 67.5 Å². The zero-order valence-corrected chi connectivity index (χ0v) is 65.0. The van der Waals surface area contributed by atoms with Crippen molar-refractivity contribution in [2.24, 2.45) is 42.3 Å². The van der Waals surface area contributed by atoms with Crippen LogP contribution in [0, 0.1) is 166 Å². The molecule has 12 aromatic rings. The molecule has 6 heterocycles. The fraction of sp³-hybridized carbons (Fsp3) is 0.312. The number of aromatic nitrogens is 6. The highest BCUT2D eigenvalue weighted by molar-refractivity contribution is 5.68. The maximum absolute atomic E-state index is 7.75. The van der Waals surface area contributed by atoms with E-state index in [1.807, 2.05) is 84.1 Å². The van der Waals surface area contributed by atoms with Crippen LogP contribution in [-0.2, 0) is 42.3 Å². The molecular weight excluding hydrogens is 1240 g/mol. The van der Waals surface area contributed by atoms with E-state index in [1.165, 1.54) is 141 Å². The fourth-order valence-electron chi connectivity index (χ4n) is 12.6. The van der Waals surface area contributed by atoms with E-state index >= 15 is 0 Å². The zero-order chi connectivity index (χ0) is 90.5. The third kappa shape index (κ3) is 18.5. The second-order valence-corrected chi connectivity index (χ2v) is 27.4. The number of aryl methyl sites for hydroxylation is 16. The minimum Gasteiger partial charge on any atom is -0.198 e. The van der Waals surface area contributed by atoms with E-state index in [2.05, 4.69) is 209 Å². The Labute approximate surface area is 641 Å². The van der Waals surface area contributed by atoms with E-state index in [0.29, 0.717) is 28.2 Å². The molecule has 6 aromatic heterocycles. The Hall–Kier alpha value is -9.78. The van der Waals surface area contributed by atoms with E-state index in [-0.39, 0.29) is 28.1 Å². The van der Waals surface area contributed by atoms with Crippen LogP contribution in [0.4, 0.5) is 0 Å². The Morgan fingerprint density at radius 1 is 0.206 bits per heavy atom. The predicted octanol–water partition coefficient (Wildman–Crippen LogP) is 20.5. The Morgan fingerprint density at radius 2 is 0.559 bits per heavy atom. The van der Waals surface area contributed by atoms with Crippen molar-refractivity contribution < 1.29 is 52.1 Å². The topological polar surface area (TPSA) is 23.3 Å².